The summed E-state index contributed by atoms with van der Waals surface area (Å²) >= 11 is 0. The zero-order valence-corrected chi connectivity index (χ0v) is 22.8. The van der Waals surface area contributed by atoms with Crippen LogP contribution in [0.5, 0.6) is 0 Å². The molecule has 37 heavy (non-hydrogen) atoms. The van der Waals surface area contributed by atoms with Crippen LogP contribution in [0.25, 0.3) is 0 Å². The van der Waals surface area contributed by atoms with E-state index in [0.29, 0.717) is 18.5 Å². The summed E-state index contributed by atoms with van der Waals surface area (Å²) in [6, 6.07) is 2.81. The van der Waals surface area contributed by atoms with Gasteiger partial charge in [-0.3, -0.25) is 14.6 Å². The van der Waals surface area contributed by atoms with Gasteiger partial charge in [-0.05, 0) is 84.5 Å². The van der Waals surface area contributed by atoms with Crippen LogP contribution in [0.1, 0.15) is 102 Å². The van der Waals surface area contributed by atoms with Crippen molar-refractivity contribution in [2.45, 2.75) is 116 Å². The molecule has 0 radical (unpaired) electrons. The van der Waals surface area contributed by atoms with Crippen molar-refractivity contribution in [1.82, 2.24) is 24.6 Å². The normalized spacial score (nSPS) is 28.6. The molecule has 8 heteroatoms. The summed E-state index contributed by atoms with van der Waals surface area (Å²) in [6.07, 6.45) is 16.3. The summed E-state index contributed by atoms with van der Waals surface area (Å²) in [7, 11) is 0. The van der Waals surface area contributed by atoms with Gasteiger partial charge < -0.3 is 10.1 Å². The van der Waals surface area contributed by atoms with Gasteiger partial charge in [-0.25, -0.2) is 9.97 Å². The number of hydrogen-bond donors (Lipinski definition) is 1. The summed E-state index contributed by atoms with van der Waals surface area (Å²) in [5.41, 5.74) is 5.42. The maximum atomic E-state index is 5.50. The maximum absolute atomic E-state index is 5.50. The van der Waals surface area contributed by atoms with E-state index >= 15 is 0 Å². The Morgan fingerprint density at radius 3 is 2.54 bits per heavy atom. The molecule has 0 aromatic carbocycles. The quantitative estimate of drug-likeness (QED) is 0.513. The lowest BCUT2D eigenvalue weighted by Gasteiger charge is -2.52. The Labute approximate surface area is 221 Å². The molecule has 0 amide bonds. The number of ether oxygens (including phenoxy) is 1. The van der Waals surface area contributed by atoms with Crippen molar-refractivity contribution in [3.05, 3.63) is 29.3 Å². The molecule has 200 valence electrons. The van der Waals surface area contributed by atoms with Crippen molar-refractivity contribution in [2.75, 3.05) is 18.5 Å². The minimum Gasteiger partial charge on any atom is -0.381 e. The van der Waals surface area contributed by atoms with Crippen LogP contribution in [-0.4, -0.2) is 61.7 Å². The Kier molecular flexibility index (Phi) is 7.30. The van der Waals surface area contributed by atoms with E-state index in [1.165, 1.54) is 50.5 Å². The molecule has 2 aromatic rings. The first-order valence-electron chi connectivity index (χ1n) is 14.6. The van der Waals surface area contributed by atoms with Crippen molar-refractivity contribution in [3.8, 4) is 0 Å². The molecule has 2 atom stereocenters. The minimum absolute atomic E-state index is 0.407. The van der Waals surface area contributed by atoms with Gasteiger partial charge in [0.25, 0.3) is 0 Å². The monoisotopic (exact) mass is 505 g/mol. The lowest BCUT2D eigenvalue weighted by Crippen LogP contribution is -2.58. The smallest absolute Gasteiger partial charge is 0.227 e. The second kappa shape index (κ2) is 10.8. The number of likely N-dealkylation sites (tertiary alicyclic amines) is 1. The van der Waals surface area contributed by atoms with Crippen LogP contribution in [0.3, 0.4) is 0 Å². The number of fused-ring (bicyclic) bond motifs is 1. The van der Waals surface area contributed by atoms with Gasteiger partial charge in [-0.1, -0.05) is 6.42 Å². The number of aromatic nitrogens is 4. The molecule has 3 fully saturated rings. The van der Waals surface area contributed by atoms with Gasteiger partial charge in [0.15, 0.2) is 0 Å². The third-order valence-electron chi connectivity index (χ3n) is 9.27. The number of aryl methyl sites for hydroxylation is 1. The van der Waals surface area contributed by atoms with Crippen molar-refractivity contribution >= 4 is 17.3 Å². The molecule has 3 aliphatic heterocycles. The first kappa shape index (κ1) is 25.0. The van der Waals surface area contributed by atoms with Crippen LogP contribution in [-0.2, 0) is 17.7 Å². The summed E-state index contributed by atoms with van der Waals surface area (Å²) in [5.74, 6) is 1.53. The number of anilines is 2. The highest BCUT2D eigenvalue weighted by molar-refractivity contribution is 6.02. The lowest BCUT2D eigenvalue weighted by molar-refractivity contribution is -0.0249. The van der Waals surface area contributed by atoms with Crippen LogP contribution in [0, 0.1) is 5.92 Å². The first-order valence-corrected chi connectivity index (χ1v) is 14.6. The predicted octanol–water partition coefficient (Wildman–Crippen LogP) is 5.46. The third kappa shape index (κ3) is 5.32. The second-order valence-electron chi connectivity index (χ2n) is 11.8. The first-order chi connectivity index (χ1) is 18.0. The van der Waals surface area contributed by atoms with Gasteiger partial charge in [0.05, 0.1) is 35.9 Å². The van der Waals surface area contributed by atoms with Gasteiger partial charge >= 0.3 is 0 Å². The lowest BCUT2D eigenvalue weighted by atomic mass is 9.79. The summed E-state index contributed by atoms with van der Waals surface area (Å²) < 4.78 is 7.56. The Morgan fingerprint density at radius 2 is 1.78 bits per heavy atom. The molecule has 2 unspecified atom stereocenters. The van der Waals surface area contributed by atoms with E-state index in [0.717, 1.165) is 79.3 Å². The van der Waals surface area contributed by atoms with Gasteiger partial charge in [-0.15, -0.1) is 0 Å². The molecular formula is C29H43N7O. The van der Waals surface area contributed by atoms with Crippen molar-refractivity contribution < 1.29 is 4.74 Å². The van der Waals surface area contributed by atoms with E-state index in [4.69, 9.17) is 14.7 Å². The van der Waals surface area contributed by atoms with E-state index < -0.39 is 0 Å². The van der Waals surface area contributed by atoms with E-state index in [1.54, 1.807) is 0 Å². The highest BCUT2D eigenvalue weighted by Crippen LogP contribution is 2.37. The standard InChI is InChI=1S/C29H43N7O/c1-19-15-20(2)36(19)25-9-7-22(8-10-25)5-4-6-26-28-21(3)30-17-27(28)34-29(33-26)32-23-16-31-35(18-23)24-11-13-37-14-12-24/h16,18-20,22,24-25H,4-15,17H2,1-3H3,(H,32,33,34). The fourth-order valence-corrected chi connectivity index (χ4v) is 7.32. The zero-order valence-electron chi connectivity index (χ0n) is 22.8. The highest BCUT2D eigenvalue weighted by atomic mass is 16.5. The Balaban J connectivity index is 1.06. The van der Waals surface area contributed by atoms with Gasteiger partial charge in [0.1, 0.15) is 0 Å². The van der Waals surface area contributed by atoms with Gasteiger partial charge in [0.2, 0.25) is 5.95 Å². The van der Waals surface area contributed by atoms with Crippen molar-refractivity contribution in [3.63, 3.8) is 0 Å². The molecule has 1 aliphatic carbocycles. The molecule has 4 aliphatic rings. The van der Waals surface area contributed by atoms with Gasteiger partial charge in [-0.2, -0.15) is 5.10 Å². The Hall–Kier alpha value is -2.32. The Morgan fingerprint density at radius 1 is 1.00 bits per heavy atom. The van der Waals surface area contributed by atoms with Gasteiger partial charge in [0, 0.05) is 48.8 Å². The summed E-state index contributed by atoms with van der Waals surface area (Å²) in [4.78, 5) is 17.3. The highest BCUT2D eigenvalue weighted by Gasteiger charge is 2.38. The SMILES string of the molecule is CC1=NCc2nc(Nc3cnn(C4CCOCC4)c3)nc(CCCC3CCC(N4C(C)CC4C)CC3)c21. The fraction of sp³-hybridized carbons (Fsp3) is 0.724. The molecular weight excluding hydrogens is 462 g/mol. The fourth-order valence-electron chi connectivity index (χ4n) is 7.32. The second-order valence-corrected chi connectivity index (χ2v) is 11.8. The Bertz CT molecular complexity index is 1110. The van der Waals surface area contributed by atoms with Crippen molar-refractivity contribution in [2.24, 2.45) is 10.9 Å². The molecule has 1 saturated carbocycles. The molecule has 0 bridgehead atoms. The summed E-state index contributed by atoms with van der Waals surface area (Å²) in [5, 5.41) is 8.02. The maximum Gasteiger partial charge on any atom is 0.227 e. The molecule has 0 spiro atoms. The molecule has 8 nitrogen and oxygen atoms in total. The number of rotatable bonds is 8. The van der Waals surface area contributed by atoms with Crippen LogP contribution < -0.4 is 5.32 Å². The minimum atomic E-state index is 0.407. The average Bonchev–Trinajstić information content (AvgIpc) is 3.52. The van der Waals surface area contributed by atoms with Crippen molar-refractivity contribution in [1.29, 1.82) is 0 Å². The van der Waals surface area contributed by atoms with Crippen LogP contribution in [0.4, 0.5) is 11.6 Å². The van der Waals surface area contributed by atoms with E-state index in [2.05, 4.69) is 52.0 Å². The topological polar surface area (TPSA) is 80.5 Å². The zero-order chi connectivity index (χ0) is 25.4. The number of nitrogens with zero attached hydrogens (tertiary/aromatic N) is 6. The molecule has 2 aromatic heterocycles. The molecule has 5 heterocycles. The average molecular weight is 506 g/mol. The van der Waals surface area contributed by atoms with E-state index in [-0.39, 0.29) is 0 Å². The van der Waals surface area contributed by atoms with E-state index in [1.807, 2.05) is 6.20 Å². The number of hydrogen-bond acceptors (Lipinski definition) is 7. The number of aliphatic imine (C=N–C) groups is 1. The molecule has 1 N–H and O–H groups in total. The van der Waals surface area contributed by atoms with Crippen LogP contribution in [0.15, 0.2) is 17.4 Å². The van der Waals surface area contributed by atoms with Crippen LogP contribution in [0.2, 0.25) is 0 Å². The van der Waals surface area contributed by atoms with E-state index in [9.17, 15) is 0 Å². The number of nitrogens with one attached hydrogen (secondary N) is 1. The third-order valence-corrected chi connectivity index (χ3v) is 9.27. The largest absolute Gasteiger partial charge is 0.381 e. The molecule has 6 rings (SSSR count). The summed E-state index contributed by atoms with van der Waals surface area (Å²) in [6.45, 7) is 9.18. The predicted molar refractivity (Wildman–Crippen MR) is 147 cm³/mol. The molecule has 2 saturated heterocycles. The van der Waals surface area contributed by atoms with Crippen LogP contribution >= 0.6 is 0 Å².